The van der Waals surface area contributed by atoms with Gasteiger partial charge in [0.05, 0.1) is 5.70 Å². The van der Waals surface area contributed by atoms with Crippen LogP contribution >= 0.6 is 0 Å². The van der Waals surface area contributed by atoms with Crippen LogP contribution in [0.2, 0.25) is 0 Å². The maximum atomic E-state index is 12.7. The molecule has 1 rings (SSSR count). The van der Waals surface area contributed by atoms with Gasteiger partial charge in [0.25, 0.3) is 0 Å². The molecule has 92 valence electrons. The smallest absolute Gasteiger partial charge is 0.123 e. The van der Waals surface area contributed by atoms with Crippen LogP contribution < -0.4 is 10.6 Å². The van der Waals surface area contributed by atoms with Gasteiger partial charge in [-0.15, -0.1) is 0 Å². The van der Waals surface area contributed by atoms with Gasteiger partial charge in [0, 0.05) is 32.6 Å². The molecule has 0 unspecified atom stereocenters. The van der Waals surface area contributed by atoms with E-state index in [0.29, 0.717) is 13.1 Å². The lowest BCUT2D eigenvalue weighted by atomic mass is 10.2. The normalized spacial score (nSPS) is 12.1. The number of nitrogens with zero attached hydrogens (tertiary/aromatic N) is 1. The summed E-state index contributed by atoms with van der Waals surface area (Å²) in [6, 6.07) is 6.47. The molecule has 2 N–H and O–H groups in total. The molecule has 0 heterocycles. The highest BCUT2D eigenvalue weighted by molar-refractivity contribution is 5.55. The topological polar surface area (TPSA) is 36.4 Å². The Morgan fingerprint density at radius 2 is 2.06 bits per heavy atom. The van der Waals surface area contributed by atoms with Crippen molar-refractivity contribution in [2.45, 2.75) is 13.5 Å². The SMILES string of the molecule is CC=N/C(=C\NC)CNCc1ccc(F)cc1. The molecule has 0 aromatic heterocycles. The summed E-state index contributed by atoms with van der Waals surface area (Å²) in [6.45, 7) is 3.24. The van der Waals surface area contributed by atoms with Gasteiger partial charge in [0.2, 0.25) is 0 Å². The summed E-state index contributed by atoms with van der Waals surface area (Å²) >= 11 is 0. The summed E-state index contributed by atoms with van der Waals surface area (Å²) in [4.78, 5) is 4.21. The predicted molar refractivity (Wildman–Crippen MR) is 69.4 cm³/mol. The van der Waals surface area contributed by atoms with Gasteiger partial charge in [0.15, 0.2) is 0 Å². The van der Waals surface area contributed by atoms with E-state index in [2.05, 4.69) is 15.6 Å². The maximum Gasteiger partial charge on any atom is 0.123 e. The van der Waals surface area contributed by atoms with Crippen LogP contribution in [0.5, 0.6) is 0 Å². The monoisotopic (exact) mass is 235 g/mol. The minimum absolute atomic E-state index is 0.208. The first kappa shape index (κ1) is 13.4. The second kappa shape index (κ2) is 7.57. The summed E-state index contributed by atoms with van der Waals surface area (Å²) in [5, 5.41) is 6.19. The molecule has 0 bridgehead atoms. The predicted octanol–water partition coefficient (Wildman–Crippen LogP) is 2.07. The fourth-order valence-electron chi connectivity index (χ4n) is 1.40. The van der Waals surface area contributed by atoms with Crippen molar-refractivity contribution in [3.8, 4) is 0 Å². The standard InChI is InChI=1S/C13H18FN3/c1-3-17-13(9-15-2)10-16-8-11-4-6-12(14)7-5-11/h3-7,9,15-16H,8,10H2,1-2H3/b13-9-,17-3?. The molecule has 0 aliphatic carbocycles. The van der Waals surface area contributed by atoms with Crippen LogP contribution in [0, 0.1) is 5.82 Å². The number of hydrogen-bond acceptors (Lipinski definition) is 3. The Kier molecular flexibility index (Phi) is 5.96. The van der Waals surface area contributed by atoms with Crippen molar-refractivity contribution >= 4 is 6.21 Å². The first-order valence-corrected chi connectivity index (χ1v) is 5.56. The van der Waals surface area contributed by atoms with Crippen molar-refractivity contribution in [1.82, 2.24) is 10.6 Å². The van der Waals surface area contributed by atoms with Crippen molar-refractivity contribution in [2.24, 2.45) is 4.99 Å². The molecule has 0 radical (unpaired) electrons. The van der Waals surface area contributed by atoms with Gasteiger partial charge < -0.3 is 10.6 Å². The van der Waals surface area contributed by atoms with Crippen LogP contribution in [0.3, 0.4) is 0 Å². The average molecular weight is 235 g/mol. The maximum absolute atomic E-state index is 12.7. The summed E-state index contributed by atoms with van der Waals surface area (Å²) in [7, 11) is 1.84. The van der Waals surface area contributed by atoms with Gasteiger partial charge in [-0.3, -0.25) is 4.99 Å². The Bertz CT molecular complexity index is 382. The van der Waals surface area contributed by atoms with E-state index in [1.807, 2.05) is 20.2 Å². The first-order valence-electron chi connectivity index (χ1n) is 5.56. The summed E-state index contributed by atoms with van der Waals surface area (Å²) in [5.74, 6) is -0.208. The number of hydrogen-bond donors (Lipinski definition) is 2. The van der Waals surface area contributed by atoms with Crippen molar-refractivity contribution < 1.29 is 4.39 Å². The molecule has 0 atom stereocenters. The zero-order chi connectivity index (χ0) is 12.5. The number of halogens is 1. The van der Waals surface area contributed by atoms with Gasteiger partial charge >= 0.3 is 0 Å². The van der Waals surface area contributed by atoms with Crippen LogP contribution in [-0.2, 0) is 6.54 Å². The highest BCUT2D eigenvalue weighted by Gasteiger charge is 1.96. The van der Waals surface area contributed by atoms with E-state index >= 15 is 0 Å². The lowest BCUT2D eigenvalue weighted by Crippen LogP contribution is -2.17. The first-order chi connectivity index (χ1) is 8.26. The molecule has 4 heteroatoms. The van der Waals surface area contributed by atoms with Gasteiger partial charge in [-0.05, 0) is 24.6 Å². The molecule has 0 spiro atoms. The quantitative estimate of drug-likeness (QED) is 0.740. The minimum atomic E-state index is -0.208. The molecular formula is C13H18FN3. The van der Waals surface area contributed by atoms with Crippen LogP contribution in [0.25, 0.3) is 0 Å². The van der Waals surface area contributed by atoms with E-state index in [1.54, 1.807) is 18.3 Å². The van der Waals surface area contributed by atoms with Gasteiger partial charge in [-0.1, -0.05) is 12.1 Å². The van der Waals surface area contributed by atoms with Crippen molar-refractivity contribution in [3.05, 3.63) is 47.5 Å². The molecule has 0 saturated carbocycles. The van der Waals surface area contributed by atoms with E-state index in [0.717, 1.165) is 11.3 Å². The fourth-order valence-corrected chi connectivity index (χ4v) is 1.40. The van der Waals surface area contributed by atoms with E-state index in [4.69, 9.17) is 0 Å². The van der Waals surface area contributed by atoms with E-state index in [1.165, 1.54) is 12.1 Å². The Morgan fingerprint density at radius 3 is 2.65 bits per heavy atom. The Morgan fingerprint density at radius 1 is 1.35 bits per heavy atom. The molecule has 1 aromatic rings. The third-order valence-corrected chi connectivity index (χ3v) is 2.15. The van der Waals surface area contributed by atoms with Crippen molar-refractivity contribution in [2.75, 3.05) is 13.6 Å². The minimum Gasteiger partial charge on any atom is -0.392 e. The molecule has 1 aromatic carbocycles. The van der Waals surface area contributed by atoms with E-state index in [-0.39, 0.29) is 5.82 Å². The largest absolute Gasteiger partial charge is 0.392 e. The van der Waals surface area contributed by atoms with Gasteiger partial charge in [-0.2, -0.15) is 0 Å². The molecule has 0 aliphatic rings. The average Bonchev–Trinajstić information content (AvgIpc) is 2.32. The third kappa shape index (κ3) is 5.26. The second-order valence-corrected chi connectivity index (χ2v) is 3.54. The van der Waals surface area contributed by atoms with Crippen molar-refractivity contribution in [3.63, 3.8) is 0 Å². The molecule has 17 heavy (non-hydrogen) atoms. The fraction of sp³-hybridized carbons (Fsp3) is 0.308. The van der Waals surface area contributed by atoms with E-state index in [9.17, 15) is 4.39 Å². The summed E-state index contributed by atoms with van der Waals surface area (Å²) in [5.41, 5.74) is 1.98. The molecule has 0 saturated heterocycles. The van der Waals surface area contributed by atoms with Crippen LogP contribution in [0.15, 0.2) is 41.2 Å². The number of aliphatic imine (C=N–C) groups is 1. The third-order valence-electron chi connectivity index (χ3n) is 2.15. The molecule has 0 amide bonds. The number of nitrogens with one attached hydrogen (secondary N) is 2. The molecule has 3 nitrogen and oxygen atoms in total. The van der Waals surface area contributed by atoms with Crippen LogP contribution in [0.4, 0.5) is 4.39 Å². The van der Waals surface area contributed by atoms with E-state index < -0.39 is 0 Å². The van der Waals surface area contributed by atoms with Crippen molar-refractivity contribution in [1.29, 1.82) is 0 Å². The second-order valence-electron chi connectivity index (χ2n) is 3.54. The highest BCUT2D eigenvalue weighted by atomic mass is 19.1. The molecule has 0 aliphatic heterocycles. The Labute approximate surface area is 101 Å². The number of rotatable bonds is 6. The Balaban J connectivity index is 2.41. The Hall–Kier alpha value is -1.68. The van der Waals surface area contributed by atoms with Gasteiger partial charge in [0.1, 0.15) is 5.82 Å². The van der Waals surface area contributed by atoms with Gasteiger partial charge in [-0.25, -0.2) is 4.39 Å². The zero-order valence-electron chi connectivity index (χ0n) is 10.2. The lowest BCUT2D eigenvalue weighted by Gasteiger charge is -2.05. The molecular weight excluding hydrogens is 217 g/mol. The highest BCUT2D eigenvalue weighted by Crippen LogP contribution is 2.02. The number of benzene rings is 1. The molecule has 0 fully saturated rings. The lowest BCUT2D eigenvalue weighted by molar-refractivity contribution is 0.626. The zero-order valence-corrected chi connectivity index (χ0v) is 10.2. The van der Waals surface area contributed by atoms with Crippen LogP contribution in [0.1, 0.15) is 12.5 Å². The van der Waals surface area contributed by atoms with Crippen LogP contribution in [-0.4, -0.2) is 19.8 Å². The summed E-state index contributed by atoms with van der Waals surface area (Å²) in [6.07, 6.45) is 3.60. The summed E-state index contributed by atoms with van der Waals surface area (Å²) < 4.78 is 12.7.